The van der Waals surface area contributed by atoms with Crippen LogP contribution >= 0.6 is 0 Å². The molecule has 1 heterocycles. The molecule has 0 saturated carbocycles. The molecule has 2 rings (SSSR count). The lowest BCUT2D eigenvalue weighted by atomic mass is 9.98. The zero-order valence-electron chi connectivity index (χ0n) is 13.4. The third-order valence-corrected chi connectivity index (χ3v) is 3.89. The van der Waals surface area contributed by atoms with E-state index in [1.165, 1.54) is 12.8 Å². The topological polar surface area (TPSA) is 44.1 Å². The van der Waals surface area contributed by atoms with Crippen LogP contribution in [0.15, 0.2) is 43.0 Å². The van der Waals surface area contributed by atoms with Gasteiger partial charge in [0.2, 0.25) is 0 Å². The first-order chi connectivity index (χ1) is 10.8. The molecule has 4 nitrogen and oxygen atoms in total. The zero-order valence-corrected chi connectivity index (χ0v) is 13.4. The molecule has 0 saturated heterocycles. The lowest BCUT2D eigenvalue weighted by Gasteiger charge is -2.17. The maximum absolute atomic E-state index is 12.8. The number of hydrogen-bond acceptors (Lipinski definition) is 3. The number of ketones is 1. The molecule has 0 aliphatic carbocycles. The number of ether oxygens (including phenoxy) is 1. The van der Waals surface area contributed by atoms with Crippen molar-refractivity contribution in [2.45, 2.75) is 45.1 Å². The molecule has 0 aliphatic rings. The van der Waals surface area contributed by atoms with Crippen molar-refractivity contribution in [1.29, 1.82) is 0 Å². The maximum atomic E-state index is 12.8. The second-order valence-corrected chi connectivity index (χ2v) is 5.47. The Hall–Kier alpha value is -2.10. The summed E-state index contributed by atoms with van der Waals surface area (Å²) in [5, 5.41) is 0. The van der Waals surface area contributed by atoms with E-state index in [1.54, 1.807) is 19.6 Å². The Kier molecular flexibility index (Phi) is 6.19. The zero-order chi connectivity index (χ0) is 15.8. The monoisotopic (exact) mass is 300 g/mol. The van der Waals surface area contributed by atoms with Gasteiger partial charge in [-0.05, 0) is 30.7 Å². The van der Waals surface area contributed by atoms with Gasteiger partial charge in [-0.2, -0.15) is 0 Å². The van der Waals surface area contributed by atoms with Gasteiger partial charge in [0.15, 0.2) is 5.78 Å². The van der Waals surface area contributed by atoms with Crippen LogP contribution in [0.2, 0.25) is 0 Å². The summed E-state index contributed by atoms with van der Waals surface area (Å²) in [5.41, 5.74) is 0.718. The van der Waals surface area contributed by atoms with Gasteiger partial charge in [0.25, 0.3) is 0 Å². The predicted molar refractivity (Wildman–Crippen MR) is 87.3 cm³/mol. The van der Waals surface area contributed by atoms with Crippen LogP contribution in [0.3, 0.4) is 0 Å². The Morgan fingerprint density at radius 2 is 2.00 bits per heavy atom. The number of Topliss-reactive ketones (excluding diaryl/α,β-unsaturated/α-hetero) is 1. The Bertz CT molecular complexity index is 561. The first-order valence-electron chi connectivity index (χ1n) is 7.92. The second kappa shape index (κ2) is 8.37. The van der Waals surface area contributed by atoms with E-state index in [0.717, 1.165) is 30.6 Å². The fourth-order valence-electron chi connectivity index (χ4n) is 2.58. The van der Waals surface area contributed by atoms with E-state index in [1.807, 2.05) is 35.0 Å². The summed E-state index contributed by atoms with van der Waals surface area (Å²) >= 11 is 0. The molecule has 2 aromatic rings. The van der Waals surface area contributed by atoms with E-state index in [-0.39, 0.29) is 11.8 Å². The molecule has 0 bridgehead atoms. The molecule has 1 unspecified atom stereocenters. The van der Waals surface area contributed by atoms with Crippen LogP contribution in [0.25, 0.3) is 0 Å². The SMILES string of the molecule is CCCCCCC(C(=O)c1ccc(OC)cc1)n1ccnc1. The number of carbonyl (C=O) groups excluding carboxylic acids is 1. The molecule has 1 atom stereocenters. The Morgan fingerprint density at radius 1 is 1.23 bits per heavy atom. The number of rotatable bonds is 9. The first kappa shape index (κ1) is 16.3. The molecule has 1 aromatic carbocycles. The highest BCUT2D eigenvalue weighted by Crippen LogP contribution is 2.23. The van der Waals surface area contributed by atoms with Crippen LogP contribution in [0.4, 0.5) is 0 Å². The van der Waals surface area contributed by atoms with Gasteiger partial charge in [-0.15, -0.1) is 0 Å². The number of carbonyl (C=O) groups is 1. The molecule has 118 valence electrons. The molecular formula is C18H24N2O2. The summed E-state index contributed by atoms with van der Waals surface area (Å²) in [6.07, 6.45) is 10.8. The van der Waals surface area contributed by atoms with E-state index >= 15 is 0 Å². The Labute approximate surface area is 132 Å². The van der Waals surface area contributed by atoms with Gasteiger partial charge in [0.05, 0.1) is 19.5 Å². The lowest BCUT2D eigenvalue weighted by molar-refractivity contribution is 0.0917. The fourth-order valence-corrected chi connectivity index (χ4v) is 2.58. The summed E-state index contributed by atoms with van der Waals surface area (Å²) in [4.78, 5) is 16.9. The molecule has 0 amide bonds. The minimum atomic E-state index is -0.173. The average Bonchev–Trinajstić information content (AvgIpc) is 3.08. The molecule has 22 heavy (non-hydrogen) atoms. The van der Waals surface area contributed by atoms with Gasteiger partial charge < -0.3 is 9.30 Å². The van der Waals surface area contributed by atoms with Crippen molar-refractivity contribution in [3.05, 3.63) is 48.5 Å². The molecule has 4 heteroatoms. The van der Waals surface area contributed by atoms with Gasteiger partial charge in [-0.1, -0.05) is 32.6 Å². The van der Waals surface area contributed by atoms with Crippen LogP contribution in [0, 0.1) is 0 Å². The van der Waals surface area contributed by atoms with E-state index in [9.17, 15) is 4.79 Å². The highest BCUT2D eigenvalue weighted by atomic mass is 16.5. The minimum absolute atomic E-state index is 0.136. The number of unbranched alkanes of at least 4 members (excludes halogenated alkanes) is 3. The van der Waals surface area contributed by atoms with Gasteiger partial charge in [0, 0.05) is 18.0 Å². The van der Waals surface area contributed by atoms with E-state index in [0.29, 0.717) is 0 Å². The number of imidazole rings is 1. The van der Waals surface area contributed by atoms with Crippen molar-refractivity contribution in [2.75, 3.05) is 7.11 Å². The van der Waals surface area contributed by atoms with Gasteiger partial charge in [-0.25, -0.2) is 4.98 Å². The number of aromatic nitrogens is 2. The van der Waals surface area contributed by atoms with Crippen molar-refractivity contribution in [2.24, 2.45) is 0 Å². The minimum Gasteiger partial charge on any atom is -0.497 e. The standard InChI is InChI=1S/C18H24N2O2/c1-3-4-5-6-7-17(20-13-12-19-14-20)18(21)15-8-10-16(22-2)11-9-15/h8-14,17H,3-7H2,1-2H3. The Morgan fingerprint density at radius 3 is 2.59 bits per heavy atom. The van der Waals surface area contributed by atoms with Crippen LogP contribution in [0.1, 0.15) is 55.4 Å². The quantitative estimate of drug-likeness (QED) is 0.512. The van der Waals surface area contributed by atoms with Crippen molar-refractivity contribution >= 4 is 5.78 Å². The number of benzene rings is 1. The predicted octanol–water partition coefficient (Wildman–Crippen LogP) is 4.29. The molecule has 0 radical (unpaired) electrons. The highest BCUT2D eigenvalue weighted by Gasteiger charge is 2.21. The van der Waals surface area contributed by atoms with Crippen molar-refractivity contribution in [3.63, 3.8) is 0 Å². The smallest absolute Gasteiger partial charge is 0.185 e. The van der Waals surface area contributed by atoms with Gasteiger partial charge in [0.1, 0.15) is 5.75 Å². The van der Waals surface area contributed by atoms with Crippen LogP contribution in [0.5, 0.6) is 5.75 Å². The van der Waals surface area contributed by atoms with Crippen molar-refractivity contribution in [1.82, 2.24) is 9.55 Å². The molecule has 0 fully saturated rings. The van der Waals surface area contributed by atoms with E-state index in [4.69, 9.17) is 4.74 Å². The summed E-state index contributed by atoms with van der Waals surface area (Å²) in [6.45, 7) is 2.19. The van der Waals surface area contributed by atoms with Crippen LogP contribution in [-0.2, 0) is 0 Å². The molecule has 0 N–H and O–H groups in total. The summed E-state index contributed by atoms with van der Waals surface area (Å²) in [7, 11) is 1.62. The second-order valence-electron chi connectivity index (χ2n) is 5.47. The van der Waals surface area contributed by atoms with E-state index < -0.39 is 0 Å². The summed E-state index contributed by atoms with van der Waals surface area (Å²) in [5.74, 6) is 0.899. The molecule has 0 aliphatic heterocycles. The normalized spacial score (nSPS) is 12.1. The van der Waals surface area contributed by atoms with Gasteiger partial charge >= 0.3 is 0 Å². The first-order valence-corrected chi connectivity index (χ1v) is 7.92. The van der Waals surface area contributed by atoms with E-state index in [2.05, 4.69) is 11.9 Å². The number of methoxy groups -OCH3 is 1. The summed E-state index contributed by atoms with van der Waals surface area (Å²) < 4.78 is 7.06. The number of hydrogen-bond donors (Lipinski definition) is 0. The molecular weight excluding hydrogens is 276 g/mol. The highest BCUT2D eigenvalue weighted by molar-refractivity contribution is 5.99. The lowest BCUT2D eigenvalue weighted by Crippen LogP contribution is -2.19. The van der Waals surface area contributed by atoms with Crippen molar-refractivity contribution in [3.8, 4) is 5.75 Å². The largest absolute Gasteiger partial charge is 0.497 e. The van der Waals surface area contributed by atoms with Crippen molar-refractivity contribution < 1.29 is 9.53 Å². The van der Waals surface area contributed by atoms with Crippen LogP contribution in [-0.4, -0.2) is 22.4 Å². The molecule has 0 spiro atoms. The average molecular weight is 300 g/mol. The third-order valence-electron chi connectivity index (χ3n) is 3.89. The Balaban J connectivity index is 2.10. The third kappa shape index (κ3) is 4.20. The maximum Gasteiger partial charge on any atom is 0.185 e. The number of nitrogens with zero attached hydrogens (tertiary/aromatic N) is 2. The summed E-state index contributed by atoms with van der Waals surface area (Å²) in [6, 6.07) is 7.14. The van der Waals surface area contributed by atoms with Gasteiger partial charge in [-0.3, -0.25) is 4.79 Å². The fraction of sp³-hybridized carbons (Fsp3) is 0.444. The van der Waals surface area contributed by atoms with Crippen LogP contribution < -0.4 is 4.74 Å². The molecule has 1 aromatic heterocycles.